The Kier molecular flexibility index (Phi) is 4.87. The fourth-order valence-electron chi connectivity index (χ4n) is 1.76. The van der Waals surface area contributed by atoms with Crippen molar-refractivity contribution in [3.63, 3.8) is 0 Å². The SMILES string of the molecule is COc1ccc(C(C)NCc2cccnn2)cc1Br. The Morgan fingerprint density at radius 3 is 2.84 bits per heavy atom. The van der Waals surface area contributed by atoms with Crippen LogP contribution in [0.4, 0.5) is 0 Å². The number of nitrogens with zero attached hydrogens (tertiary/aromatic N) is 2. The summed E-state index contributed by atoms with van der Waals surface area (Å²) in [5.74, 6) is 0.838. The molecule has 0 aliphatic heterocycles. The van der Waals surface area contributed by atoms with Gasteiger partial charge in [-0.15, -0.1) is 0 Å². The molecule has 2 rings (SSSR count). The van der Waals surface area contributed by atoms with Gasteiger partial charge in [0.15, 0.2) is 0 Å². The highest BCUT2D eigenvalue weighted by Gasteiger charge is 2.08. The first-order chi connectivity index (χ1) is 9.20. The number of hydrogen-bond acceptors (Lipinski definition) is 4. The molecule has 1 atom stereocenters. The van der Waals surface area contributed by atoms with Crippen LogP contribution in [-0.4, -0.2) is 17.3 Å². The second-order valence-corrected chi connectivity index (χ2v) is 5.07. The van der Waals surface area contributed by atoms with Crippen molar-refractivity contribution in [3.8, 4) is 5.75 Å². The maximum Gasteiger partial charge on any atom is 0.133 e. The molecule has 1 heterocycles. The minimum atomic E-state index is 0.226. The highest BCUT2D eigenvalue weighted by molar-refractivity contribution is 9.10. The van der Waals surface area contributed by atoms with E-state index in [4.69, 9.17) is 4.74 Å². The molecule has 0 spiro atoms. The van der Waals surface area contributed by atoms with E-state index in [1.165, 1.54) is 5.56 Å². The summed E-state index contributed by atoms with van der Waals surface area (Å²) in [6.07, 6.45) is 1.67. The predicted octanol–water partition coefficient (Wildman–Crippen LogP) is 3.10. The number of nitrogens with one attached hydrogen (secondary N) is 1. The zero-order valence-corrected chi connectivity index (χ0v) is 12.5. The van der Waals surface area contributed by atoms with Crippen LogP contribution in [0.1, 0.15) is 24.2 Å². The number of halogens is 1. The van der Waals surface area contributed by atoms with Gasteiger partial charge in [0.25, 0.3) is 0 Å². The highest BCUT2D eigenvalue weighted by atomic mass is 79.9. The molecule has 4 nitrogen and oxygen atoms in total. The van der Waals surface area contributed by atoms with Crippen LogP contribution >= 0.6 is 15.9 Å². The fourth-order valence-corrected chi connectivity index (χ4v) is 2.31. The van der Waals surface area contributed by atoms with Crippen LogP contribution in [0.25, 0.3) is 0 Å². The van der Waals surface area contributed by atoms with Gasteiger partial charge in [-0.1, -0.05) is 6.07 Å². The van der Waals surface area contributed by atoms with Gasteiger partial charge in [-0.3, -0.25) is 0 Å². The van der Waals surface area contributed by atoms with Gasteiger partial charge in [0, 0.05) is 18.8 Å². The lowest BCUT2D eigenvalue weighted by atomic mass is 10.1. The average Bonchev–Trinajstić information content (AvgIpc) is 2.45. The smallest absolute Gasteiger partial charge is 0.133 e. The third-order valence-electron chi connectivity index (χ3n) is 2.89. The van der Waals surface area contributed by atoms with E-state index in [2.05, 4.69) is 50.5 Å². The Balaban J connectivity index is 2.00. The molecular formula is C14H16BrN3O. The van der Waals surface area contributed by atoms with Crippen molar-refractivity contribution in [1.29, 1.82) is 0 Å². The van der Waals surface area contributed by atoms with Crippen LogP contribution in [0.2, 0.25) is 0 Å². The molecule has 1 aromatic heterocycles. The van der Waals surface area contributed by atoms with E-state index in [9.17, 15) is 0 Å². The number of ether oxygens (including phenoxy) is 1. The van der Waals surface area contributed by atoms with Crippen molar-refractivity contribution >= 4 is 15.9 Å². The third kappa shape index (κ3) is 3.75. The van der Waals surface area contributed by atoms with Gasteiger partial charge in [-0.05, 0) is 52.7 Å². The molecule has 0 saturated heterocycles. The second-order valence-electron chi connectivity index (χ2n) is 4.21. The third-order valence-corrected chi connectivity index (χ3v) is 3.51. The molecule has 19 heavy (non-hydrogen) atoms. The normalized spacial score (nSPS) is 12.2. The summed E-state index contributed by atoms with van der Waals surface area (Å²) in [4.78, 5) is 0. The van der Waals surface area contributed by atoms with Crippen molar-refractivity contribution < 1.29 is 4.74 Å². The molecule has 0 bridgehead atoms. The summed E-state index contributed by atoms with van der Waals surface area (Å²) in [6.45, 7) is 2.81. The fraction of sp³-hybridized carbons (Fsp3) is 0.286. The minimum Gasteiger partial charge on any atom is -0.496 e. The van der Waals surface area contributed by atoms with Gasteiger partial charge in [0.1, 0.15) is 5.75 Å². The van der Waals surface area contributed by atoms with Crippen LogP contribution in [0.3, 0.4) is 0 Å². The molecule has 0 aliphatic rings. The first kappa shape index (κ1) is 14.0. The molecule has 0 amide bonds. The summed E-state index contributed by atoms with van der Waals surface area (Å²) in [6, 6.07) is 10.1. The quantitative estimate of drug-likeness (QED) is 0.919. The van der Waals surface area contributed by atoms with Crippen LogP contribution in [0.5, 0.6) is 5.75 Å². The largest absolute Gasteiger partial charge is 0.496 e. The molecule has 1 N–H and O–H groups in total. The molecule has 100 valence electrons. The van der Waals surface area contributed by atoms with E-state index in [0.717, 1.165) is 15.9 Å². The minimum absolute atomic E-state index is 0.226. The molecule has 0 fully saturated rings. The first-order valence-electron chi connectivity index (χ1n) is 6.04. The van der Waals surface area contributed by atoms with Crippen molar-refractivity contribution in [2.24, 2.45) is 0 Å². The molecule has 2 aromatic rings. The zero-order valence-electron chi connectivity index (χ0n) is 10.9. The Labute approximate surface area is 121 Å². The Bertz CT molecular complexity index is 533. The lowest BCUT2D eigenvalue weighted by Crippen LogP contribution is -2.19. The second kappa shape index (κ2) is 6.63. The summed E-state index contributed by atoms with van der Waals surface area (Å²) in [5.41, 5.74) is 2.12. The number of hydrogen-bond donors (Lipinski definition) is 1. The Hall–Kier alpha value is -1.46. The molecule has 0 radical (unpaired) electrons. The van der Waals surface area contributed by atoms with Gasteiger partial charge in [-0.25, -0.2) is 0 Å². The molecular weight excluding hydrogens is 306 g/mol. The van der Waals surface area contributed by atoms with Crippen molar-refractivity contribution in [2.75, 3.05) is 7.11 Å². The van der Waals surface area contributed by atoms with Crippen LogP contribution in [-0.2, 0) is 6.54 Å². The van der Waals surface area contributed by atoms with E-state index in [-0.39, 0.29) is 6.04 Å². The highest BCUT2D eigenvalue weighted by Crippen LogP contribution is 2.27. The monoisotopic (exact) mass is 321 g/mol. The Morgan fingerprint density at radius 2 is 2.21 bits per heavy atom. The van der Waals surface area contributed by atoms with Gasteiger partial charge in [0.2, 0.25) is 0 Å². The van der Waals surface area contributed by atoms with Crippen LogP contribution < -0.4 is 10.1 Å². The van der Waals surface area contributed by atoms with Crippen molar-refractivity contribution in [2.45, 2.75) is 19.5 Å². The lowest BCUT2D eigenvalue weighted by molar-refractivity contribution is 0.411. The van der Waals surface area contributed by atoms with Gasteiger partial charge in [0.05, 0.1) is 17.3 Å². The number of aromatic nitrogens is 2. The van der Waals surface area contributed by atoms with E-state index in [0.29, 0.717) is 6.54 Å². The average molecular weight is 322 g/mol. The first-order valence-corrected chi connectivity index (χ1v) is 6.83. The number of methoxy groups -OCH3 is 1. The number of rotatable bonds is 5. The van der Waals surface area contributed by atoms with Gasteiger partial charge in [-0.2, -0.15) is 10.2 Å². The topological polar surface area (TPSA) is 47.0 Å². The molecule has 1 unspecified atom stereocenters. The maximum atomic E-state index is 5.22. The Morgan fingerprint density at radius 1 is 1.37 bits per heavy atom. The van der Waals surface area contributed by atoms with E-state index in [1.807, 2.05) is 18.2 Å². The summed E-state index contributed by atoms with van der Waals surface area (Å²) in [5, 5.41) is 11.3. The summed E-state index contributed by atoms with van der Waals surface area (Å²) in [7, 11) is 1.66. The van der Waals surface area contributed by atoms with Crippen molar-refractivity contribution in [3.05, 3.63) is 52.3 Å². The van der Waals surface area contributed by atoms with E-state index in [1.54, 1.807) is 13.3 Å². The maximum absolute atomic E-state index is 5.22. The molecule has 0 saturated carbocycles. The van der Waals surface area contributed by atoms with Crippen LogP contribution in [0, 0.1) is 0 Å². The lowest BCUT2D eigenvalue weighted by Gasteiger charge is -2.15. The van der Waals surface area contributed by atoms with E-state index >= 15 is 0 Å². The molecule has 0 aliphatic carbocycles. The van der Waals surface area contributed by atoms with Gasteiger partial charge >= 0.3 is 0 Å². The van der Waals surface area contributed by atoms with Crippen molar-refractivity contribution in [1.82, 2.24) is 15.5 Å². The van der Waals surface area contributed by atoms with Crippen LogP contribution in [0.15, 0.2) is 41.0 Å². The standard InChI is InChI=1S/C14H16BrN3O/c1-10(16-9-12-4-3-7-17-18-12)11-5-6-14(19-2)13(15)8-11/h3-8,10,16H,9H2,1-2H3. The predicted molar refractivity (Wildman–Crippen MR) is 78.0 cm³/mol. The van der Waals surface area contributed by atoms with Gasteiger partial charge < -0.3 is 10.1 Å². The summed E-state index contributed by atoms with van der Waals surface area (Å²) >= 11 is 3.50. The number of benzene rings is 1. The molecule has 5 heteroatoms. The molecule has 1 aromatic carbocycles. The van der Waals surface area contributed by atoms with E-state index < -0.39 is 0 Å². The zero-order chi connectivity index (χ0) is 13.7. The summed E-state index contributed by atoms with van der Waals surface area (Å²) < 4.78 is 6.18.